The zero-order valence-electron chi connectivity index (χ0n) is 12.6. The van der Waals surface area contributed by atoms with Gasteiger partial charge in [-0.15, -0.1) is 0 Å². The van der Waals surface area contributed by atoms with Gasteiger partial charge in [-0.05, 0) is 40.5 Å². The predicted octanol–water partition coefficient (Wildman–Crippen LogP) is 2.32. The molecule has 1 aliphatic heterocycles. The van der Waals surface area contributed by atoms with Crippen molar-refractivity contribution in [2.75, 3.05) is 13.6 Å². The van der Waals surface area contributed by atoms with Gasteiger partial charge in [0.15, 0.2) is 0 Å². The van der Waals surface area contributed by atoms with Crippen LogP contribution in [0.15, 0.2) is 16.3 Å². The van der Waals surface area contributed by atoms with Crippen molar-refractivity contribution in [2.45, 2.75) is 52.2 Å². The summed E-state index contributed by atoms with van der Waals surface area (Å²) in [7, 11) is 1.70. The fourth-order valence-corrected chi connectivity index (χ4v) is 2.22. The minimum atomic E-state index is -0.481. The monoisotopic (exact) mass is 267 g/mol. The van der Waals surface area contributed by atoms with E-state index in [1.54, 1.807) is 18.2 Å². The first-order chi connectivity index (χ1) is 8.76. The van der Waals surface area contributed by atoms with Gasteiger partial charge in [0.05, 0.1) is 6.04 Å². The molecule has 1 unspecified atom stereocenters. The Kier molecular flexibility index (Phi) is 4.97. The Hall–Kier alpha value is -1.52. The van der Waals surface area contributed by atoms with Gasteiger partial charge in [0.2, 0.25) is 0 Å². The first-order valence-electron chi connectivity index (χ1n) is 6.64. The molecule has 1 heterocycles. The summed E-state index contributed by atoms with van der Waals surface area (Å²) in [6.07, 6.45) is 3.31. The van der Waals surface area contributed by atoms with E-state index in [9.17, 15) is 4.79 Å². The summed E-state index contributed by atoms with van der Waals surface area (Å²) in [5, 5.41) is 0. The van der Waals surface area contributed by atoms with Gasteiger partial charge >= 0.3 is 6.09 Å². The largest absolute Gasteiger partial charge is 0.444 e. The molecule has 2 N–H and O–H groups in total. The number of carbonyl (C=O) groups excluding carboxylic acids is 1. The topological polar surface area (TPSA) is 67.9 Å². The molecule has 5 nitrogen and oxygen atoms in total. The van der Waals surface area contributed by atoms with Gasteiger partial charge in [-0.1, -0.05) is 0 Å². The van der Waals surface area contributed by atoms with Gasteiger partial charge in [0.25, 0.3) is 0 Å². The van der Waals surface area contributed by atoms with E-state index in [1.165, 1.54) is 0 Å². The van der Waals surface area contributed by atoms with Crippen molar-refractivity contribution in [1.29, 1.82) is 0 Å². The molecule has 0 spiro atoms. The second-order valence-electron chi connectivity index (χ2n) is 5.86. The van der Waals surface area contributed by atoms with E-state index in [0.717, 1.165) is 18.4 Å². The highest BCUT2D eigenvalue weighted by molar-refractivity contribution is 5.83. The molecule has 1 fully saturated rings. The lowest BCUT2D eigenvalue weighted by atomic mass is 10.0. The number of likely N-dealkylation sites (tertiary alicyclic amines) is 1. The lowest BCUT2D eigenvalue weighted by molar-refractivity contribution is 0.0252. The van der Waals surface area contributed by atoms with E-state index in [2.05, 4.69) is 4.99 Å². The van der Waals surface area contributed by atoms with Crippen LogP contribution in [0, 0.1) is 0 Å². The number of allylic oxidation sites excluding steroid dienone is 1. The molecule has 0 saturated carbocycles. The smallest absolute Gasteiger partial charge is 0.410 e. The van der Waals surface area contributed by atoms with Crippen LogP contribution in [0.2, 0.25) is 0 Å². The second kappa shape index (κ2) is 6.08. The minimum Gasteiger partial charge on any atom is -0.444 e. The molecule has 1 aliphatic rings. The fraction of sp³-hybridized carbons (Fsp3) is 0.714. The van der Waals surface area contributed by atoms with Crippen molar-refractivity contribution in [3.8, 4) is 0 Å². The molecule has 0 aliphatic carbocycles. The number of rotatable bonds is 2. The van der Waals surface area contributed by atoms with Crippen LogP contribution in [-0.4, -0.2) is 42.4 Å². The first-order valence-corrected chi connectivity index (χ1v) is 6.64. The normalized spacial score (nSPS) is 21.7. The van der Waals surface area contributed by atoms with E-state index >= 15 is 0 Å². The molecule has 1 atom stereocenters. The Balaban J connectivity index is 2.90. The third-order valence-electron chi connectivity index (χ3n) is 2.96. The summed E-state index contributed by atoms with van der Waals surface area (Å²) < 4.78 is 5.44. The molecule has 0 aromatic carbocycles. The predicted molar refractivity (Wildman–Crippen MR) is 77.3 cm³/mol. The van der Waals surface area contributed by atoms with Gasteiger partial charge < -0.3 is 15.4 Å². The van der Waals surface area contributed by atoms with Crippen LogP contribution in [-0.2, 0) is 4.74 Å². The van der Waals surface area contributed by atoms with Gasteiger partial charge in [-0.25, -0.2) is 4.79 Å². The maximum Gasteiger partial charge on any atom is 0.410 e. The van der Waals surface area contributed by atoms with E-state index in [4.69, 9.17) is 10.5 Å². The molecule has 1 amide bonds. The van der Waals surface area contributed by atoms with Gasteiger partial charge in [-0.3, -0.25) is 4.99 Å². The summed E-state index contributed by atoms with van der Waals surface area (Å²) >= 11 is 0. The SMILES string of the molecule is CN=CC(=C(C)N)C1CCCN1C(=O)OC(C)(C)C. The summed E-state index contributed by atoms with van der Waals surface area (Å²) in [5.74, 6) is 0. The lowest BCUT2D eigenvalue weighted by Gasteiger charge is -2.29. The van der Waals surface area contributed by atoms with Gasteiger partial charge in [-0.2, -0.15) is 0 Å². The highest BCUT2D eigenvalue weighted by Crippen LogP contribution is 2.26. The Bertz CT molecular complexity index is 390. The number of hydrogen-bond donors (Lipinski definition) is 1. The summed E-state index contributed by atoms with van der Waals surface area (Å²) in [5.41, 5.74) is 7.03. The van der Waals surface area contributed by atoms with Crippen LogP contribution in [0.4, 0.5) is 4.79 Å². The van der Waals surface area contributed by atoms with E-state index < -0.39 is 5.60 Å². The van der Waals surface area contributed by atoms with Crippen LogP contribution in [0.1, 0.15) is 40.5 Å². The third-order valence-corrected chi connectivity index (χ3v) is 2.96. The van der Waals surface area contributed by atoms with Crippen molar-refractivity contribution >= 4 is 12.3 Å². The molecule has 5 heteroatoms. The highest BCUT2D eigenvalue weighted by atomic mass is 16.6. The number of aliphatic imine (C=N–C) groups is 1. The molecule has 19 heavy (non-hydrogen) atoms. The molecule has 108 valence electrons. The quantitative estimate of drug-likeness (QED) is 0.781. The van der Waals surface area contributed by atoms with Crippen molar-refractivity contribution < 1.29 is 9.53 Å². The van der Waals surface area contributed by atoms with Crippen molar-refractivity contribution in [3.05, 3.63) is 11.3 Å². The van der Waals surface area contributed by atoms with Crippen molar-refractivity contribution in [2.24, 2.45) is 10.7 Å². The Morgan fingerprint density at radius 1 is 1.47 bits per heavy atom. The molecular weight excluding hydrogens is 242 g/mol. The van der Waals surface area contributed by atoms with E-state index in [0.29, 0.717) is 12.2 Å². The summed E-state index contributed by atoms with van der Waals surface area (Å²) in [6.45, 7) is 8.15. The molecule has 1 rings (SSSR count). The maximum atomic E-state index is 12.2. The highest BCUT2D eigenvalue weighted by Gasteiger charge is 2.34. The van der Waals surface area contributed by atoms with Crippen molar-refractivity contribution in [1.82, 2.24) is 4.90 Å². The molecule has 0 radical (unpaired) electrons. The number of amides is 1. The second-order valence-corrected chi connectivity index (χ2v) is 5.86. The van der Waals surface area contributed by atoms with Crippen LogP contribution in [0.3, 0.4) is 0 Å². The average molecular weight is 267 g/mol. The summed E-state index contributed by atoms with van der Waals surface area (Å²) in [6, 6.07) is -0.0245. The van der Waals surface area contributed by atoms with Crippen LogP contribution < -0.4 is 5.73 Å². The van der Waals surface area contributed by atoms with Gasteiger partial charge in [0.1, 0.15) is 5.60 Å². The van der Waals surface area contributed by atoms with E-state index in [-0.39, 0.29) is 12.1 Å². The molecule has 0 aromatic heterocycles. The van der Waals surface area contributed by atoms with Crippen LogP contribution in [0.25, 0.3) is 0 Å². The fourth-order valence-electron chi connectivity index (χ4n) is 2.22. The Morgan fingerprint density at radius 2 is 2.11 bits per heavy atom. The molecular formula is C14H25N3O2. The van der Waals surface area contributed by atoms with Gasteiger partial charge in [0, 0.05) is 31.1 Å². The first kappa shape index (κ1) is 15.5. The Morgan fingerprint density at radius 3 is 2.58 bits per heavy atom. The number of carbonyl (C=O) groups is 1. The standard InChI is InChI=1S/C14H25N3O2/c1-10(15)11(9-16-5)12-7-6-8-17(12)13(18)19-14(2,3)4/h9,12H,6-8,15H2,1-5H3. The molecule has 1 saturated heterocycles. The lowest BCUT2D eigenvalue weighted by Crippen LogP contribution is -2.41. The zero-order valence-corrected chi connectivity index (χ0v) is 12.6. The van der Waals surface area contributed by atoms with E-state index in [1.807, 2.05) is 27.7 Å². The minimum absolute atomic E-state index is 0.0245. The maximum absolute atomic E-state index is 12.2. The number of nitrogens with zero attached hydrogens (tertiary/aromatic N) is 2. The Labute approximate surface area is 115 Å². The third kappa shape index (κ3) is 4.26. The van der Waals surface area contributed by atoms with Crippen LogP contribution >= 0.6 is 0 Å². The van der Waals surface area contributed by atoms with Crippen molar-refractivity contribution in [3.63, 3.8) is 0 Å². The molecule has 0 bridgehead atoms. The zero-order chi connectivity index (χ0) is 14.6. The number of nitrogens with two attached hydrogens (primary N) is 1. The number of ether oxygens (including phenoxy) is 1. The molecule has 0 aromatic rings. The van der Waals surface area contributed by atoms with Crippen LogP contribution in [0.5, 0.6) is 0 Å². The number of hydrogen-bond acceptors (Lipinski definition) is 4. The summed E-state index contributed by atoms with van der Waals surface area (Å²) in [4.78, 5) is 18.0. The average Bonchev–Trinajstić information content (AvgIpc) is 2.71.